The number of piperidine rings is 1. The molecule has 0 amide bonds. The molecule has 0 aromatic heterocycles. The Morgan fingerprint density at radius 1 is 0.857 bits per heavy atom. The van der Waals surface area contributed by atoms with Gasteiger partial charge in [0, 0.05) is 23.2 Å². The van der Waals surface area contributed by atoms with Gasteiger partial charge in [0.2, 0.25) is 0 Å². The van der Waals surface area contributed by atoms with Gasteiger partial charge in [-0.1, -0.05) is 6.42 Å². The summed E-state index contributed by atoms with van der Waals surface area (Å²) in [6.45, 7) is 0. The smallest absolute Gasteiger partial charge is 0.0311 e. The number of hydrogen-bond donors (Lipinski definition) is 3. The van der Waals surface area contributed by atoms with Crippen molar-refractivity contribution in [3.63, 3.8) is 0 Å². The largest absolute Gasteiger partial charge is 0.324 e. The van der Waals surface area contributed by atoms with Crippen LogP contribution in [0.4, 0.5) is 0 Å². The summed E-state index contributed by atoms with van der Waals surface area (Å²) in [7, 11) is 0. The maximum Gasteiger partial charge on any atom is 0.0311 e. The second-order valence-electron chi connectivity index (χ2n) is 5.67. The number of nitrogens with one attached hydrogen (secondary N) is 1. The zero-order chi connectivity index (χ0) is 9.81. The quantitative estimate of drug-likeness (QED) is 0.600. The standard InChI is InChI=1S/C11H21N3/c12-10(4-5-10)8-2-1-3-9(14-8)11(13)6-7-11/h8-9,14H,1-7,12-13H2. The van der Waals surface area contributed by atoms with E-state index in [1.807, 2.05) is 0 Å². The van der Waals surface area contributed by atoms with Crippen LogP contribution in [0.25, 0.3) is 0 Å². The first-order valence-electron chi connectivity index (χ1n) is 5.96. The van der Waals surface area contributed by atoms with Crippen molar-refractivity contribution in [3.8, 4) is 0 Å². The van der Waals surface area contributed by atoms with E-state index < -0.39 is 0 Å². The van der Waals surface area contributed by atoms with Crippen LogP contribution < -0.4 is 16.8 Å². The first kappa shape index (κ1) is 9.13. The van der Waals surface area contributed by atoms with Crippen molar-refractivity contribution in [2.45, 2.75) is 68.1 Å². The summed E-state index contributed by atoms with van der Waals surface area (Å²) in [4.78, 5) is 0. The average Bonchev–Trinajstić information content (AvgIpc) is 3.08. The van der Waals surface area contributed by atoms with E-state index in [0.29, 0.717) is 12.1 Å². The minimum atomic E-state index is 0.129. The van der Waals surface area contributed by atoms with Crippen molar-refractivity contribution >= 4 is 0 Å². The van der Waals surface area contributed by atoms with Crippen LogP contribution in [0.3, 0.4) is 0 Å². The number of nitrogens with two attached hydrogens (primary N) is 2. The normalized spacial score (nSPS) is 43.3. The van der Waals surface area contributed by atoms with Crippen LogP contribution in [-0.2, 0) is 0 Å². The Morgan fingerprint density at radius 2 is 1.29 bits per heavy atom. The molecule has 2 unspecified atom stereocenters. The summed E-state index contributed by atoms with van der Waals surface area (Å²) in [5.74, 6) is 0. The molecule has 3 aliphatic rings. The van der Waals surface area contributed by atoms with Crippen LogP contribution in [0.15, 0.2) is 0 Å². The average molecular weight is 195 g/mol. The van der Waals surface area contributed by atoms with Crippen molar-refractivity contribution in [2.75, 3.05) is 0 Å². The molecule has 3 rings (SSSR count). The van der Waals surface area contributed by atoms with Crippen LogP contribution in [0.1, 0.15) is 44.9 Å². The minimum Gasteiger partial charge on any atom is -0.324 e. The van der Waals surface area contributed by atoms with E-state index in [1.165, 1.54) is 44.9 Å². The van der Waals surface area contributed by atoms with Gasteiger partial charge in [-0.05, 0) is 38.5 Å². The Labute approximate surface area is 85.6 Å². The Kier molecular flexibility index (Phi) is 1.77. The summed E-state index contributed by atoms with van der Waals surface area (Å²) in [6.07, 6.45) is 8.63. The monoisotopic (exact) mass is 195 g/mol. The lowest BCUT2D eigenvalue weighted by Gasteiger charge is -2.37. The van der Waals surface area contributed by atoms with E-state index in [9.17, 15) is 0 Å². The van der Waals surface area contributed by atoms with E-state index >= 15 is 0 Å². The maximum absolute atomic E-state index is 6.24. The molecule has 3 nitrogen and oxygen atoms in total. The molecule has 80 valence electrons. The van der Waals surface area contributed by atoms with Gasteiger partial charge in [0.25, 0.3) is 0 Å². The maximum atomic E-state index is 6.24. The van der Waals surface area contributed by atoms with Crippen molar-refractivity contribution in [1.29, 1.82) is 0 Å². The Bertz CT molecular complexity index is 219. The van der Waals surface area contributed by atoms with Gasteiger partial charge in [0.05, 0.1) is 0 Å². The van der Waals surface area contributed by atoms with Crippen molar-refractivity contribution in [1.82, 2.24) is 5.32 Å². The lowest BCUT2D eigenvalue weighted by atomic mass is 9.88. The van der Waals surface area contributed by atoms with Gasteiger partial charge in [-0.2, -0.15) is 0 Å². The van der Waals surface area contributed by atoms with Gasteiger partial charge in [-0.3, -0.25) is 0 Å². The summed E-state index contributed by atoms with van der Waals surface area (Å²) in [5.41, 5.74) is 12.7. The highest BCUT2D eigenvalue weighted by molar-refractivity contribution is 5.15. The Morgan fingerprint density at radius 3 is 1.64 bits per heavy atom. The summed E-state index contributed by atoms with van der Waals surface area (Å²) in [6, 6.07) is 1.09. The third kappa shape index (κ3) is 1.38. The predicted octanol–water partition coefficient (Wildman–Crippen LogP) is 0.480. The fourth-order valence-corrected chi connectivity index (χ4v) is 2.83. The van der Waals surface area contributed by atoms with Gasteiger partial charge >= 0.3 is 0 Å². The highest BCUT2D eigenvalue weighted by Gasteiger charge is 2.52. The molecule has 5 N–H and O–H groups in total. The molecule has 0 radical (unpaired) electrons. The molecule has 2 atom stereocenters. The Hall–Kier alpha value is -0.120. The fourth-order valence-electron chi connectivity index (χ4n) is 2.83. The van der Waals surface area contributed by atoms with Crippen molar-refractivity contribution in [3.05, 3.63) is 0 Å². The minimum absolute atomic E-state index is 0.129. The first-order chi connectivity index (χ1) is 6.62. The van der Waals surface area contributed by atoms with Crippen LogP contribution in [0.2, 0.25) is 0 Å². The molecular formula is C11H21N3. The molecule has 0 aromatic carbocycles. The first-order valence-corrected chi connectivity index (χ1v) is 5.96. The second kappa shape index (κ2) is 2.71. The molecule has 1 aliphatic heterocycles. The topological polar surface area (TPSA) is 64.1 Å². The SMILES string of the molecule is NC1(C2CCCC(C3(N)CC3)N2)CC1. The summed E-state index contributed by atoms with van der Waals surface area (Å²) < 4.78 is 0. The number of rotatable bonds is 2. The van der Waals surface area contributed by atoms with Crippen LogP contribution >= 0.6 is 0 Å². The Balaban J connectivity index is 1.66. The molecule has 0 aromatic rings. The van der Waals surface area contributed by atoms with Gasteiger partial charge < -0.3 is 16.8 Å². The summed E-state index contributed by atoms with van der Waals surface area (Å²) >= 11 is 0. The molecule has 0 bridgehead atoms. The zero-order valence-electron chi connectivity index (χ0n) is 8.76. The highest BCUT2D eigenvalue weighted by atomic mass is 15.1. The third-order valence-electron chi connectivity index (χ3n) is 4.43. The third-order valence-corrected chi connectivity index (χ3v) is 4.43. The second-order valence-corrected chi connectivity index (χ2v) is 5.67. The number of hydrogen-bond acceptors (Lipinski definition) is 3. The van der Waals surface area contributed by atoms with Crippen LogP contribution in [0.5, 0.6) is 0 Å². The van der Waals surface area contributed by atoms with Gasteiger partial charge in [-0.25, -0.2) is 0 Å². The molecule has 1 saturated heterocycles. The van der Waals surface area contributed by atoms with E-state index in [2.05, 4.69) is 5.32 Å². The molecule has 2 aliphatic carbocycles. The lowest BCUT2D eigenvalue weighted by molar-refractivity contribution is 0.244. The molecule has 3 heteroatoms. The van der Waals surface area contributed by atoms with E-state index in [0.717, 1.165) is 0 Å². The molecule has 3 fully saturated rings. The highest BCUT2D eigenvalue weighted by Crippen LogP contribution is 2.44. The zero-order valence-corrected chi connectivity index (χ0v) is 8.76. The predicted molar refractivity (Wildman–Crippen MR) is 56.9 cm³/mol. The summed E-state index contributed by atoms with van der Waals surface area (Å²) in [5, 5.41) is 3.71. The van der Waals surface area contributed by atoms with Gasteiger partial charge in [-0.15, -0.1) is 0 Å². The molecule has 0 spiro atoms. The fraction of sp³-hybridized carbons (Fsp3) is 1.00. The lowest BCUT2D eigenvalue weighted by Crippen LogP contribution is -2.59. The van der Waals surface area contributed by atoms with Gasteiger partial charge in [0.15, 0.2) is 0 Å². The van der Waals surface area contributed by atoms with Crippen molar-refractivity contribution in [2.24, 2.45) is 11.5 Å². The van der Waals surface area contributed by atoms with E-state index in [-0.39, 0.29) is 11.1 Å². The van der Waals surface area contributed by atoms with E-state index in [4.69, 9.17) is 11.5 Å². The van der Waals surface area contributed by atoms with Crippen LogP contribution in [-0.4, -0.2) is 23.2 Å². The van der Waals surface area contributed by atoms with Crippen LogP contribution in [0, 0.1) is 0 Å². The molecule has 2 saturated carbocycles. The van der Waals surface area contributed by atoms with Gasteiger partial charge in [0.1, 0.15) is 0 Å². The van der Waals surface area contributed by atoms with Crippen molar-refractivity contribution < 1.29 is 0 Å². The molecular weight excluding hydrogens is 174 g/mol. The molecule has 1 heterocycles. The molecule has 14 heavy (non-hydrogen) atoms. The van der Waals surface area contributed by atoms with E-state index in [1.54, 1.807) is 0 Å².